The molecule has 0 unspecified atom stereocenters. The topological polar surface area (TPSA) is 125 Å². The normalized spacial score (nSPS) is 11.7. The highest BCUT2D eigenvalue weighted by Crippen LogP contribution is 2.14. The third-order valence-electron chi connectivity index (χ3n) is 8.11. The lowest BCUT2D eigenvalue weighted by Gasteiger charge is -2.09. The Balaban J connectivity index is 1.71. The molecule has 0 bridgehead atoms. The van der Waals surface area contributed by atoms with Crippen molar-refractivity contribution in [3.05, 3.63) is 29.8 Å². The SMILES string of the molecule is CCCCCCCCCCCCCCCCCC(=O)OCCOCCOCCOCCOCCOCCOCCOS(=O)(=O)c1ccc(C)cc1. The predicted molar refractivity (Wildman–Crippen MR) is 200 cm³/mol. The maximum atomic E-state index is 12.1. The zero-order valence-corrected chi connectivity index (χ0v) is 32.7. The van der Waals surface area contributed by atoms with Gasteiger partial charge in [-0.2, -0.15) is 8.42 Å². The molecule has 1 aromatic rings. The van der Waals surface area contributed by atoms with E-state index in [1.165, 1.54) is 95.6 Å². The second-order valence-corrected chi connectivity index (χ2v) is 14.3. The second kappa shape index (κ2) is 35.4. The molecule has 1 rings (SSSR count). The molecule has 0 N–H and O–H groups in total. The molecule has 0 spiro atoms. The van der Waals surface area contributed by atoms with Crippen molar-refractivity contribution in [3.8, 4) is 0 Å². The fourth-order valence-electron chi connectivity index (χ4n) is 5.10. The number of rotatable bonds is 39. The van der Waals surface area contributed by atoms with Crippen LogP contribution in [-0.2, 0) is 52.3 Å². The van der Waals surface area contributed by atoms with Crippen LogP contribution >= 0.6 is 0 Å². The van der Waals surface area contributed by atoms with Gasteiger partial charge >= 0.3 is 5.97 Å². The maximum absolute atomic E-state index is 12.1. The maximum Gasteiger partial charge on any atom is 0.305 e. The van der Waals surface area contributed by atoms with Gasteiger partial charge in [0.15, 0.2) is 0 Å². The van der Waals surface area contributed by atoms with E-state index in [4.69, 9.17) is 37.3 Å². The van der Waals surface area contributed by atoms with Gasteiger partial charge in [-0.1, -0.05) is 115 Å². The summed E-state index contributed by atoms with van der Waals surface area (Å²) >= 11 is 0. The van der Waals surface area contributed by atoms with Gasteiger partial charge < -0.3 is 33.2 Å². The molecule has 11 nitrogen and oxygen atoms in total. The Morgan fingerprint density at radius 1 is 0.471 bits per heavy atom. The van der Waals surface area contributed by atoms with E-state index in [2.05, 4.69) is 6.92 Å². The van der Waals surface area contributed by atoms with Crippen LogP contribution in [0.5, 0.6) is 0 Å². The average Bonchev–Trinajstić information content (AvgIpc) is 3.12. The smallest absolute Gasteiger partial charge is 0.305 e. The zero-order chi connectivity index (χ0) is 36.9. The summed E-state index contributed by atoms with van der Waals surface area (Å²) < 4.78 is 67.1. The molecule has 298 valence electrons. The van der Waals surface area contributed by atoms with Crippen molar-refractivity contribution in [2.45, 2.75) is 121 Å². The molecular formula is C39H70O11S. The molecule has 0 heterocycles. The van der Waals surface area contributed by atoms with Crippen molar-refractivity contribution in [1.82, 2.24) is 0 Å². The third-order valence-corrected chi connectivity index (χ3v) is 9.44. The molecule has 0 saturated heterocycles. The van der Waals surface area contributed by atoms with Gasteiger partial charge in [-0.25, -0.2) is 0 Å². The van der Waals surface area contributed by atoms with E-state index in [0.717, 1.165) is 18.4 Å². The minimum Gasteiger partial charge on any atom is -0.463 e. The summed E-state index contributed by atoms with van der Waals surface area (Å²) in [6.07, 6.45) is 20.1. The molecule has 1 aromatic carbocycles. The first-order chi connectivity index (χ1) is 25.0. The summed E-state index contributed by atoms with van der Waals surface area (Å²) in [7, 11) is -3.77. The van der Waals surface area contributed by atoms with Gasteiger partial charge in [0.1, 0.15) is 6.61 Å². The number of esters is 1. The van der Waals surface area contributed by atoms with Gasteiger partial charge in [0, 0.05) is 6.42 Å². The van der Waals surface area contributed by atoms with E-state index in [0.29, 0.717) is 79.1 Å². The Morgan fingerprint density at radius 2 is 0.804 bits per heavy atom. The fourth-order valence-corrected chi connectivity index (χ4v) is 6.00. The van der Waals surface area contributed by atoms with Crippen LogP contribution in [0.3, 0.4) is 0 Å². The Hall–Kier alpha value is -1.64. The highest BCUT2D eigenvalue weighted by atomic mass is 32.2. The van der Waals surface area contributed by atoms with E-state index >= 15 is 0 Å². The molecule has 0 radical (unpaired) electrons. The summed E-state index contributed by atoms with van der Waals surface area (Å²) in [5, 5.41) is 0. The van der Waals surface area contributed by atoms with Crippen LogP contribution in [-0.4, -0.2) is 107 Å². The molecule has 0 saturated carbocycles. The molecule has 0 aliphatic carbocycles. The van der Waals surface area contributed by atoms with Crippen LogP contribution in [0.25, 0.3) is 0 Å². The Morgan fingerprint density at radius 3 is 1.20 bits per heavy atom. The van der Waals surface area contributed by atoms with Crippen molar-refractivity contribution in [2.75, 3.05) is 92.5 Å². The number of unbranched alkanes of at least 4 members (excludes halogenated alkanes) is 14. The lowest BCUT2D eigenvalue weighted by atomic mass is 10.0. The first-order valence-electron chi connectivity index (χ1n) is 19.5. The molecule has 0 atom stereocenters. The Kier molecular flexibility index (Phi) is 32.9. The van der Waals surface area contributed by atoms with Crippen molar-refractivity contribution >= 4 is 16.1 Å². The van der Waals surface area contributed by atoms with Crippen LogP contribution in [0.15, 0.2) is 29.2 Å². The number of hydrogen-bond acceptors (Lipinski definition) is 11. The zero-order valence-electron chi connectivity index (χ0n) is 31.9. The van der Waals surface area contributed by atoms with Crippen LogP contribution in [0.4, 0.5) is 0 Å². The van der Waals surface area contributed by atoms with E-state index in [9.17, 15) is 13.2 Å². The number of carbonyl (C=O) groups is 1. The summed E-state index contributed by atoms with van der Waals surface area (Å²) in [6, 6.07) is 6.49. The quantitative estimate of drug-likeness (QED) is 0.0376. The molecular weight excluding hydrogens is 676 g/mol. The molecule has 0 aliphatic heterocycles. The van der Waals surface area contributed by atoms with Gasteiger partial charge in [-0.3, -0.25) is 8.98 Å². The largest absolute Gasteiger partial charge is 0.463 e. The van der Waals surface area contributed by atoms with Gasteiger partial charge in [0.05, 0.1) is 90.8 Å². The first-order valence-corrected chi connectivity index (χ1v) is 20.9. The monoisotopic (exact) mass is 746 g/mol. The lowest BCUT2D eigenvalue weighted by Crippen LogP contribution is -2.15. The van der Waals surface area contributed by atoms with Crippen molar-refractivity contribution in [2.24, 2.45) is 0 Å². The summed E-state index contributed by atoms with van der Waals surface area (Å²) in [4.78, 5) is 12.0. The van der Waals surface area contributed by atoms with Gasteiger partial charge in [-0.15, -0.1) is 0 Å². The van der Waals surface area contributed by atoms with E-state index < -0.39 is 10.1 Å². The average molecular weight is 747 g/mol. The van der Waals surface area contributed by atoms with Crippen LogP contribution in [0.2, 0.25) is 0 Å². The van der Waals surface area contributed by atoms with Crippen LogP contribution in [0, 0.1) is 6.92 Å². The number of ether oxygens (including phenoxy) is 7. The molecule has 0 aromatic heterocycles. The molecule has 12 heteroatoms. The highest BCUT2D eigenvalue weighted by molar-refractivity contribution is 7.86. The molecule has 0 fully saturated rings. The standard InChI is InChI=1S/C39H70O11S/c1-3-4-5-6-7-8-9-10-11-12-13-14-15-16-17-18-39(40)49-35-33-47-31-29-45-27-25-43-23-24-44-26-28-46-30-32-48-34-36-50-51(41,42)38-21-19-37(2)20-22-38/h19-22H,3-18,23-36H2,1-2H3. The minimum absolute atomic E-state index is 0.0591. The van der Waals surface area contributed by atoms with E-state index in [1.807, 2.05) is 6.92 Å². The molecule has 51 heavy (non-hydrogen) atoms. The number of aryl methyl sites for hydroxylation is 1. The minimum atomic E-state index is -3.77. The number of carbonyl (C=O) groups excluding carboxylic acids is 1. The lowest BCUT2D eigenvalue weighted by molar-refractivity contribution is -0.145. The summed E-state index contributed by atoms with van der Waals surface area (Å²) in [5.41, 5.74) is 0.976. The molecule has 0 amide bonds. The third kappa shape index (κ3) is 31.6. The van der Waals surface area contributed by atoms with Gasteiger partial charge in [0.25, 0.3) is 10.1 Å². The van der Waals surface area contributed by atoms with Crippen LogP contribution in [0.1, 0.15) is 115 Å². The highest BCUT2D eigenvalue weighted by Gasteiger charge is 2.14. The summed E-state index contributed by atoms with van der Waals surface area (Å²) in [5.74, 6) is -0.141. The predicted octanol–water partition coefficient (Wildman–Crippen LogP) is 7.60. The second-order valence-electron chi connectivity index (χ2n) is 12.7. The van der Waals surface area contributed by atoms with E-state index in [-0.39, 0.29) is 30.7 Å². The molecule has 0 aliphatic rings. The number of benzene rings is 1. The Labute approximate surface area is 309 Å². The fraction of sp³-hybridized carbons (Fsp3) is 0.821. The summed E-state index contributed by atoms with van der Waals surface area (Å²) in [6.45, 7) is 9.17. The van der Waals surface area contributed by atoms with Gasteiger partial charge in [0.2, 0.25) is 0 Å². The first kappa shape index (κ1) is 47.4. The Bertz CT molecular complexity index is 1000. The van der Waals surface area contributed by atoms with Crippen molar-refractivity contribution in [3.63, 3.8) is 0 Å². The number of hydrogen-bond donors (Lipinski definition) is 0. The van der Waals surface area contributed by atoms with Crippen molar-refractivity contribution in [1.29, 1.82) is 0 Å². The van der Waals surface area contributed by atoms with Crippen LogP contribution < -0.4 is 0 Å². The van der Waals surface area contributed by atoms with Gasteiger partial charge in [-0.05, 0) is 25.5 Å². The van der Waals surface area contributed by atoms with Crippen molar-refractivity contribution < 1.29 is 50.6 Å². The van der Waals surface area contributed by atoms with E-state index in [1.54, 1.807) is 12.1 Å².